The van der Waals surface area contributed by atoms with Crippen molar-refractivity contribution in [2.45, 2.75) is 6.92 Å². The number of piperazine rings is 1. The molecule has 1 saturated heterocycles. The fourth-order valence-electron chi connectivity index (χ4n) is 3.46. The average molecular weight is 397 g/mol. The molecule has 2 amide bonds. The number of H-pyrrole nitrogens is 1. The van der Waals surface area contributed by atoms with E-state index in [2.05, 4.69) is 15.2 Å². The van der Waals surface area contributed by atoms with Crippen molar-refractivity contribution in [3.63, 3.8) is 0 Å². The van der Waals surface area contributed by atoms with Gasteiger partial charge in [0.25, 0.3) is 0 Å². The Labute approximate surface area is 167 Å². The first-order chi connectivity index (χ1) is 13.5. The van der Waals surface area contributed by atoms with Crippen LogP contribution in [0.2, 0.25) is 5.02 Å². The van der Waals surface area contributed by atoms with Gasteiger partial charge in [-0.2, -0.15) is 0 Å². The van der Waals surface area contributed by atoms with E-state index < -0.39 is 0 Å². The summed E-state index contributed by atoms with van der Waals surface area (Å²) in [6.45, 7) is 4.50. The molecule has 1 aliphatic rings. The lowest BCUT2D eigenvalue weighted by atomic mass is 10.1. The van der Waals surface area contributed by atoms with Gasteiger partial charge in [-0.15, -0.1) is 0 Å². The van der Waals surface area contributed by atoms with Crippen LogP contribution in [0.1, 0.15) is 5.56 Å². The maximum Gasteiger partial charge on any atom is 0.322 e. The second-order valence-corrected chi connectivity index (χ2v) is 7.40. The third kappa shape index (κ3) is 3.68. The molecule has 4 rings (SSSR count). The molecule has 2 aromatic carbocycles. The van der Waals surface area contributed by atoms with Gasteiger partial charge in [0, 0.05) is 54.0 Å². The number of hydrogen-bond donors (Lipinski definition) is 2. The van der Waals surface area contributed by atoms with Crippen molar-refractivity contribution in [2.75, 3.05) is 36.4 Å². The number of carbonyl (C=O) groups excluding carboxylic acids is 1. The Balaban J connectivity index is 1.44. The number of amides is 2. The quantitative estimate of drug-likeness (QED) is 0.691. The Bertz CT molecular complexity index is 1090. The Kier molecular flexibility index (Phi) is 4.96. The zero-order valence-corrected chi connectivity index (χ0v) is 16.3. The van der Waals surface area contributed by atoms with E-state index in [9.17, 15) is 9.59 Å². The van der Waals surface area contributed by atoms with Crippen LogP contribution in [0.25, 0.3) is 10.9 Å². The molecular formula is C21H21ClN4O2. The molecule has 6 nitrogen and oxygen atoms in total. The summed E-state index contributed by atoms with van der Waals surface area (Å²) in [5.41, 5.74) is 2.89. The largest absolute Gasteiger partial charge is 0.368 e. The number of fused-ring (bicyclic) bond motifs is 1. The number of carbonyl (C=O) groups is 1. The van der Waals surface area contributed by atoms with Gasteiger partial charge in [-0.3, -0.25) is 4.79 Å². The summed E-state index contributed by atoms with van der Waals surface area (Å²) in [4.78, 5) is 32.3. The van der Waals surface area contributed by atoms with E-state index in [1.165, 1.54) is 0 Å². The van der Waals surface area contributed by atoms with Gasteiger partial charge in [-0.05, 0) is 37.3 Å². The number of anilines is 2. The number of pyridine rings is 1. The third-order valence-electron chi connectivity index (χ3n) is 5.02. The normalized spacial score (nSPS) is 14.4. The summed E-state index contributed by atoms with van der Waals surface area (Å²) < 4.78 is 0. The number of aromatic amines is 1. The molecule has 0 unspecified atom stereocenters. The first kappa shape index (κ1) is 18.4. The van der Waals surface area contributed by atoms with Crippen molar-refractivity contribution in [1.29, 1.82) is 0 Å². The Morgan fingerprint density at radius 1 is 1.11 bits per heavy atom. The minimum absolute atomic E-state index is 0.177. The molecule has 0 bridgehead atoms. The van der Waals surface area contributed by atoms with Gasteiger partial charge in [0.1, 0.15) is 5.69 Å². The topological polar surface area (TPSA) is 68.4 Å². The minimum atomic E-state index is -0.261. The predicted molar refractivity (Wildman–Crippen MR) is 114 cm³/mol. The molecule has 1 aromatic heterocycles. The van der Waals surface area contributed by atoms with E-state index in [0.29, 0.717) is 36.6 Å². The van der Waals surface area contributed by atoms with Crippen LogP contribution in [0, 0.1) is 6.92 Å². The zero-order chi connectivity index (χ0) is 19.7. The molecule has 0 radical (unpaired) electrons. The Morgan fingerprint density at radius 2 is 1.89 bits per heavy atom. The average Bonchev–Trinajstić information content (AvgIpc) is 2.70. The molecule has 28 heavy (non-hydrogen) atoms. The van der Waals surface area contributed by atoms with Gasteiger partial charge in [0.05, 0.1) is 0 Å². The number of nitrogens with zero attached hydrogens (tertiary/aromatic N) is 2. The number of halogens is 1. The maximum absolute atomic E-state index is 12.7. The number of aromatic nitrogens is 1. The molecule has 1 aliphatic heterocycles. The smallest absolute Gasteiger partial charge is 0.322 e. The van der Waals surface area contributed by atoms with E-state index in [0.717, 1.165) is 16.8 Å². The Hall–Kier alpha value is -2.99. The van der Waals surface area contributed by atoms with Crippen LogP contribution in [0.15, 0.2) is 53.5 Å². The number of nitrogens with one attached hydrogen (secondary N) is 2. The summed E-state index contributed by atoms with van der Waals surface area (Å²) >= 11 is 6.07. The van der Waals surface area contributed by atoms with E-state index in [4.69, 9.17) is 11.6 Å². The second-order valence-electron chi connectivity index (χ2n) is 6.96. The number of benzene rings is 2. The third-order valence-corrected chi connectivity index (χ3v) is 5.25. The van der Waals surface area contributed by atoms with Crippen molar-refractivity contribution in [2.24, 2.45) is 0 Å². The number of rotatable bonds is 2. The SMILES string of the molecule is Cc1ccc2[nH]cc(NC(=O)N3CCN(c4cccc(Cl)c4)CC3)c(=O)c2c1. The van der Waals surface area contributed by atoms with E-state index in [-0.39, 0.29) is 17.1 Å². The molecule has 0 saturated carbocycles. The molecule has 3 aromatic rings. The van der Waals surface area contributed by atoms with Gasteiger partial charge in [0.15, 0.2) is 0 Å². The summed E-state index contributed by atoms with van der Waals surface area (Å²) in [5.74, 6) is 0. The highest BCUT2D eigenvalue weighted by Crippen LogP contribution is 2.21. The molecule has 2 N–H and O–H groups in total. The van der Waals surface area contributed by atoms with Crippen LogP contribution < -0.4 is 15.6 Å². The number of urea groups is 1. The molecule has 0 atom stereocenters. The molecule has 1 fully saturated rings. The fourth-order valence-corrected chi connectivity index (χ4v) is 3.64. The molecule has 2 heterocycles. The minimum Gasteiger partial charge on any atom is -0.368 e. The van der Waals surface area contributed by atoms with E-state index >= 15 is 0 Å². The van der Waals surface area contributed by atoms with Crippen LogP contribution in [-0.2, 0) is 0 Å². The highest BCUT2D eigenvalue weighted by atomic mass is 35.5. The molecule has 144 valence electrons. The second kappa shape index (κ2) is 7.56. The lowest BCUT2D eigenvalue weighted by Crippen LogP contribution is -2.50. The number of hydrogen-bond acceptors (Lipinski definition) is 3. The van der Waals surface area contributed by atoms with Crippen LogP contribution in [0.3, 0.4) is 0 Å². The van der Waals surface area contributed by atoms with Crippen LogP contribution in [0.4, 0.5) is 16.2 Å². The van der Waals surface area contributed by atoms with Gasteiger partial charge in [-0.25, -0.2) is 4.79 Å². The van der Waals surface area contributed by atoms with E-state index in [1.54, 1.807) is 11.1 Å². The van der Waals surface area contributed by atoms with E-state index in [1.807, 2.05) is 49.4 Å². The summed E-state index contributed by atoms with van der Waals surface area (Å²) in [5, 5.41) is 4.03. The fraction of sp³-hybridized carbons (Fsp3) is 0.238. The monoisotopic (exact) mass is 396 g/mol. The lowest BCUT2D eigenvalue weighted by molar-refractivity contribution is 0.208. The summed E-state index contributed by atoms with van der Waals surface area (Å²) in [6, 6.07) is 13.1. The van der Waals surface area contributed by atoms with Gasteiger partial charge >= 0.3 is 6.03 Å². The molecule has 0 spiro atoms. The first-order valence-corrected chi connectivity index (χ1v) is 9.57. The Morgan fingerprint density at radius 3 is 2.64 bits per heavy atom. The van der Waals surface area contributed by atoms with Crippen molar-refractivity contribution < 1.29 is 4.79 Å². The van der Waals surface area contributed by atoms with Crippen LogP contribution >= 0.6 is 11.6 Å². The first-order valence-electron chi connectivity index (χ1n) is 9.20. The maximum atomic E-state index is 12.7. The van der Waals surface area contributed by atoms with Crippen LogP contribution in [0.5, 0.6) is 0 Å². The highest BCUT2D eigenvalue weighted by Gasteiger charge is 2.22. The summed E-state index contributed by atoms with van der Waals surface area (Å²) in [6.07, 6.45) is 1.56. The summed E-state index contributed by atoms with van der Waals surface area (Å²) in [7, 11) is 0. The molecule has 0 aliphatic carbocycles. The van der Waals surface area contributed by atoms with Crippen molar-refractivity contribution in [1.82, 2.24) is 9.88 Å². The van der Waals surface area contributed by atoms with Crippen molar-refractivity contribution >= 4 is 39.9 Å². The van der Waals surface area contributed by atoms with Crippen molar-refractivity contribution in [3.8, 4) is 0 Å². The molecular weight excluding hydrogens is 376 g/mol. The van der Waals surface area contributed by atoms with Gasteiger partial charge < -0.3 is 20.1 Å². The predicted octanol–water partition coefficient (Wildman–Crippen LogP) is 3.84. The lowest BCUT2D eigenvalue weighted by Gasteiger charge is -2.36. The van der Waals surface area contributed by atoms with Crippen molar-refractivity contribution in [3.05, 3.63) is 69.5 Å². The van der Waals surface area contributed by atoms with Gasteiger partial charge in [-0.1, -0.05) is 29.3 Å². The zero-order valence-electron chi connectivity index (χ0n) is 15.5. The highest BCUT2D eigenvalue weighted by molar-refractivity contribution is 6.30. The van der Waals surface area contributed by atoms with Gasteiger partial charge in [0.2, 0.25) is 5.43 Å². The standard InChI is InChI=1S/C21H21ClN4O2/c1-14-5-6-18-17(11-14)20(27)19(13-23-18)24-21(28)26-9-7-25(8-10-26)16-4-2-3-15(22)12-16/h2-6,11-13H,7-10H2,1H3,(H,23,27)(H,24,28). The van der Waals surface area contributed by atoms with Crippen LogP contribution in [-0.4, -0.2) is 42.1 Å². The number of aryl methyl sites for hydroxylation is 1. The molecule has 7 heteroatoms.